The molecule has 0 spiro atoms. The minimum Gasteiger partial charge on any atom is -0.377 e. The highest BCUT2D eigenvalue weighted by molar-refractivity contribution is 7.99. The van der Waals surface area contributed by atoms with Gasteiger partial charge in [0.25, 0.3) is 5.56 Å². The molecule has 2 aromatic carbocycles. The molecule has 26 heavy (non-hydrogen) atoms. The molecule has 6 heteroatoms. The molecule has 0 unspecified atom stereocenters. The van der Waals surface area contributed by atoms with Crippen molar-refractivity contribution in [3.8, 4) is 5.69 Å². The highest BCUT2D eigenvalue weighted by Crippen LogP contribution is 2.25. The van der Waals surface area contributed by atoms with E-state index in [4.69, 9.17) is 21.3 Å². The van der Waals surface area contributed by atoms with Crippen LogP contribution in [0.25, 0.3) is 16.6 Å². The van der Waals surface area contributed by atoms with E-state index in [1.807, 2.05) is 36.4 Å². The fourth-order valence-electron chi connectivity index (χ4n) is 3.13. The summed E-state index contributed by atoms with van der Waals surface area (Å²) in [5, 5.41) is 1.94. The number of aromatic nitrogens is 2. The van der Waals surface area contributed by atoms with Crippen LogP contribution in [0.4, 0.5) is 0 Å². The number of rotatable bonds is 4. The Kier molecular flexibility index (Phi) is 5.29. The summed E-state index contributed by atoms with van der Waals surface area (Å²) in [5.41, 5.74) is 1.42. The molecule has 0 saturated carbocycles. The average molecular weight is 387 g/mol. The van der Waals surface area contributed by atoms with Gasteiger partial charge in [-0.2, -0.15) is 0 Å². The molecule has 2 heterocycles. The van der Waals surface area contributed by atoms with E-state index < -0.39 is 0 Å². The van der Waals surface area contributed by atoms with Gasteiger partial charge in [-0.3, -0.25) is 9.36 Å². The summed E-state index contributed by atoms with van der Waals surface area (Å²) >= 11 is 7.59. The fourth-order valence-corrected chi connectivity index (χ4v) is 4.34. The zero-order valence-corrected chi connectivity index (χ0v) is 15.8. The summed E-state index contributed by atoms with van der Waals surface area (Å²) in [6.45, 7) is 0.820. The first-order chi connectivity index (χ1) is 12.7. The third-order valence-electron chi connectivity index (χ3n) is 4.50. The molecule has 1 atom stereocenters. The van der Waals surface area contributed by atoms with E-state index in [0.29, 0.717) is 15.6 Å². The summed E-state index contributed by atoms with van der Waals surface area (Å²) < 4.78 is 7.50. The van der Waals surface area contributed by atoms with Crippen LogP contribution >= 0.6 is 23.4 Å². The first-order valence-electron chi connectivity index (χ1n) is 8.74. The Morgan fingerprint density at radius 2 is 1.96 bits per heavy atom. The second-order valence-corrected chi connectivity index (χ2v) is 7.75. The smallest absolute Gasteiger partial charge is 0.266 e. The van der Waals surface area contributed by atoms with E-state index in [-0.39, 0.29) is 11.7 Å². The number of para-hydroxylation sites is 1. The summed E-state index contributed by atoms with van der Waals surface area (Å²) in [6, 6.07) is 14.7. The normalized spacial score (nSPS) is 17.5. The monoisotopic (exact) mass is 386 g/mol. The molecule has 1 aliphatic rings. The first kappa shape index (κ1) is 17.6. The lowest BCUT2D eigenvalue weighted by molar-refractivity contribution is 0.0315. The molecule has 4 rings (SSSR count). The number of thioether (sulfide) groups is 1. The van der Waals surface area contributed by atoms with Gasteiger partial charge in [-0.15, -0.1) is 0 Å². The topological polar surface area (TPSA) is 44.1 Å². The van der Waals surface area contributed by atoms with Crippen molar-refractivity contribution in [2.75, 3.05) is 12.4 Å². The standard InChI is InChI=1S/C20H19ClN2O2S/c21-14-8-10-15(11-9-14)23-19(24)17-6-1-2-7-18(17)22-20(23)26-13-16-5-3-4-12-25-16/h1-2,6-11,16H,3-5,12-13H2/t16-/m1/s1. The van der Waals surface area contributed by atoms with Crippen LogP contribution in [0.5, 0.6) is 0 Å². The number of nitrogens with zero attached hydrogens (tertiary/aromatic N) is 2. The zero-order chi connectivity index (χ0) is 17.9. The third kappa shape index (κ3) is 3.65. The second-order valence-electron chi connectivity index (χ2n) is 6.33. The average Bonchev–Trinajstić information content (AvgIpc) is 2.68. The SMILES string of the molecule is O=c1c2ccccc2nc(SC[C@H]2CCCCO2)n1-c1ccc(Cl)cc1. The maximum atomic E-state index is 13.1. The fraction of sp³-hybridized carbons (Fsp3) is 0.300. The highest BCUT2D eigenvalue weighted by Gasteiger charge is 2.18. The molecule has 1 saturated heterocycles. The van der Waals surface area contributed by atoms with Crippen LogP contribution in [0.2, 0.25) is 5.02 Å². The van der Waals surface area contributed by atoms with Crippen molar-refractivity contribution in [2.45, 2.75) is 30.5 Å². The van der Waals surface area contributed by atoms with Crippen molar-refractivity contribution < 1.29 is 4.74 Å². The van der Waals surface area contributed by atoms with Crippen LogP contribution in [-0.2, 0) is 4.74 Å². The highest BCUT2D eigenvalue weighted by atomic mass is 35.5. The molecule has 4 nitrogen and oxygen atoms in total. The molecule has 0 radical (unpaired) electrons. The van der Waals surface area contributed by atoms with Gasteiger partial charge in [0.05, 0.1) is 22.7 Å². The van der Waals surface area contributed by atoms with Gasteiger partial charge in [-0.05, 0) is 55.7 Å². The predicted octanol–water partition coefficient (Wildman–Crippen LogP) is 4.70. The van der Waals surface area contributed by atoms with E-state index in [2.05, 4.69) is 0 Å². The number of benzene rings is 2. The summed E-state index contributed by atoms with van der Waals surface area (Å²) in [4.78, 5) is 17.9. The summed E-state index contributed by atoms with van der Waals surface area (Å²) in [5.74, 6) is 0.790. The van der Waals surface area contributed by atoms with Crippen LogP contribution in [-0.4, -0.2) is 28.0 Å². The maximum absolute atomic E-state index is 13.1. The van der Waals surface area contributed by atoms with E-state index in [0.717, 1.165) is 36.4 Å². The predicted molar refractivity (Wildman–Crippen MR) is 107 cm³/mol. The largest absolute Gasteiger partial charge is 0.377 e. The molecule has 134 valence electrons. The van der Waals surface area contributed by atoms with Crippen molar-refractivity contribution in [1.82, 2.24) is 9.55 Å². The van der Waals surface area contributed by atoms with Crippen LogP contribution in [0.3, 0.4) is 0 Å². The second kappa shape index (κ2) is 7.82. The van der Waals surface area contributed by atoms with Crippen LogP contribution in [0, 0.1) is 0 Å². The number of fused-ring (bicyclic) bond motifs is 1. The number of ether oxygens (including phenoxy) is 1. The van der Waals surface area contributed by atoms with Crippen molar-refractivity contribution in [3.05, 3.63) is 63.9 Å². The van der Waals surface area contributed by atoms with Crippen molar-refractivity contribution in [3.63, 3.8) is 0 Å². The third-order valence-corrected chi connectivity index (χ3v) is 5.82. The molecule has 3 aromatic rings. The minimum atomic E-state index is -0.0648. The quantitative estimate of drug-likeness (QED) is 0.481. The van der Waals surface area contributed by atoms with Gasteiger partial charge >= 0.3 is 0 Å². The van der Waals surface area contributed by atoms with E-state index >= 15 is 0 Å². The number of hydrogen-bond donors (Lipinski definition) is 0. The molecular weight excluding hydrogens is 368 g/mol. The molecule has 0 N–H and O–H groups in total. The van der Waals surface area contributed by atoms with Gasteiger partial charge in [0.15, 0.2) is 5.16 Å². The van der Waals surface area contributed by atoms with Gasteiger partial charge < -0.3 is 4.74 Å². The Bertz CT molecular complexity index is 966. The Hall–Kier alpha value is -1.82. The Morgan fingerprint density at radius 3 is 2.73 bits per heavy atom. The molecular formula is C20H19ClN2O2S. The van der Waals surface area contributed by atoms with Crippen LogP contribution < -0.4 is 5.56 Å². The lowest BCUT2D eigenvalue weighted by Gasteiger charge is -2.22. The molecule has 1 aromatic heterocycles. The van der Waals surface area contributed by atoms with E-state index in [1.165, 1.54) is 6.42 Å². The number of halogens is 1. The van der Waals surface area contributed by atoms with Gasteiger partial charge in [-0.1, -0.05) is 35.5 Å². The van der Waals surface area contributed by atoms with Gasteiger partial charge in [0.2, 0.25) is 0 Å². The van der Waals surface area contributed by atoms with E-state index in [9.17, 15) is 4.79 Å². The van der Waals surface area contributed by atoms with E-state index in [1.54, 1.807) is 28.5 Å². The van der Waals surface area contributed by atoms with Crippen LogP contribution in [0.15, 0.2) is 58.5 Å². The molecule has 1 aliphatic heterocycles. The molecule has 0 amide bonds. The Labute approximate surface area is 161 Å². The van der Waals surface area contributed by atoms with Gasteiger partial charge in [-0.25, -0.2) is 4.98 Å². The van der Waals surface area contributed by atoms with Crippen LogP contribution in [0.1, 0.15) is 19.3 Å². The number of hydrogen-bond acceptors (Lipinski definition) is 4. The molecule has 1 fully saturated rings. The van der Waals surface area contributed by atoms with Crippen molar-refractivity contribution >= 4 is 34.3 Å². The lowest BCUT2D eigenvalue weighted by Crippen LogP contribution is -2.24. The van der Waals surface area contributed by atoms with Gasteiger partial charge in [0, 0.05) is 17.4 Å². The lowest BCUT2D eigenvalue weighted by atomic mass is 10.1. The Balaban J connectivity index is 1.77. The summed E-state index contributed by atoms with van der Waals surface area (Å²) in [6.07, 6.45) is 3.60. The first-order valence-corrected chi connectivity index (χ1v) is 10.1. The minimum absolute atomic E-state index is 0.0648. The zero-order valence-electron chi connectivity index (χ0n) is 14.2. The molecule has 0 bridgehead atoms. The van der Waals surface area contributed by atoms with Gasteiger partial charge in [0.1, 0.15) is 0 Å². The van der Waals surface area contributed by atoms with Crippen molar-refractivity contribution in [1.29, 1.82) is 0 Å². The van der Waals surface area contributed by atoms with Crippen molar-refractivity contribution in [2.24, 2.45) is 0 Å². The molecule has 0 aliphatic carbocycles. The maximum Gasteiger partial charge on any atom is 0.266 e. The Morgan fingerprint density at radius 1 is 1.15 bits per heavy atom. The summed E-state index contributed by atoms with van der Waals surface area (Å²) in [7, 11) is 0.